The van der Waals surface area contributed by atoms with Crippen LogP contribution in [0.1, 0.15) is 38.7 Å². The van der Waals surface area contributed by atoms with Gasteiger partial charge in [-0.15, -0.1) is 0 Å². The van der Waals surface area contributed by atoms with Crippen molar-refractivity contribution >= 4 is 39.2 Å². The largest absolute Gasteiger partial charge is 0.444 e. The molecule has 1 fully saturated rings. The van der Waals surface area contributed by atoms with E-state index in [1.54, 1.807) is 11.1 Å². The SMILES string of the molecule is CC(C)(C)OC(=O)N1CCC(c2ccc(Nc3ncc(Br)cc3N)cc2)C1. The molecule has 1 saturated heterocycles. The summed E-state index contributed by atoms with van der Waals surface area (Å²) < 4.78 is 6.31. The van der Waals surface area contributed by atoms with Gasteiger partial charge in [-0.3, -0.25) is 0 Å². The van der Waals surface area contributed by atoms with Crippen LogP contribution in [0.25, 0.3) is 0 Å². The Labute approximate surface area is 168 Å². The molecule has 1 aromatic heterocycles. The molecule has 1 aliphatic rings. The molecule has 0 spiro atoms. The summed E-state index contributed by atoms with van der Waals surface area (Å²) in [4.78, 5) is 18.3. The maximum absolute atomic E-state index is 12.2. The van der Waals surface area contributed by atoms with Crippen molar-refractivity contribution in [2.75, 3.05) is 24.1 Å². The van der Waals surface area contributed by atoms with Crippen molar-refractivity contribution in [2.24, 2.45) is 0 Å². The number of nitrogen functional groups attached to an aromatic ring is 1. The highest BCUT2D eigenvalue weighted by Crippen LogP contribution is 2.30. The number of carbonyl (C=O) groups is 1. The second-order valence-corrected chi connectivity index (χ2v) is 8.67. The Balaban J connectivity index is 1.62. The second kappa shape index (κ2) is 7.76. The molecule has 3 N–H and O–H groups in total. The molecule has 1 aliphatic heterocycles. The number of hydrogen-bond acceptors (Lipinski definition) is 5. The Hall–Kier alpha value is -2.28. The van der Waals surface area contributed by atoms with Gasteiger partial charge in [0.2, 0.25) is 0 Å². The van der Waals surface area contributed by atoms with Crippen LogP contribution in [-0.4, -0.2) is 34.7 Å². The van der Waals surface area contributed by atoms with Gasteiger partial charge in [0.1, 0.15) is 5.60 Å². The summed E-state index contributed by atoms with van der Waals surface area (Å²) in [6, 6.07) is 10.00. The number of aromatic nitrogens is 1. The monoisotopic (exact) mass is 432 g/mol. The van der Waals surface area contributed by atoms with Crippen molar-refractivity contribution in [1.29, 1.82) is 0 Å². The van der Waals surface area contributed by atoms with Crippen LogP contribution in [0.5, 0.6) is 0 Å². The lowest BCUT2D eigenvalue weighted by Gasteiger charge is -2.24. The fourth-order valence-corrected chi connectivity index (χ4v) is 3.41. The van der Waals surface area contributed by atoms with Gasteiger partial charge in [-0.05, 0) is 66.9 Å². The van der Waals surface area contributed by atoms with E-state index in [4.69, 9.17) is 10.5 Å². The van der Waals surface area contributed by atoms with Gasteiger partial charge in [0, 0.05) is 35.4 Å². The topological polar surface area (TPSA) is 80.5 Å². The van der Waals surface area contributed by atoms with Gasteiger partial charge in [-0.25, -0.2) is 9.78 Å². The Kier molecular flexibility index (Phi) is 5.60. The average molecular weight is 433 g/mol. The highest BCUT2D eigenvalue weighted by Gasteiger charge is 2.30. The van der Waals surface area contributed by atoms with Crippen molar-refractivity contribution < 1.29 is 9.53 Å². The maximum Gasteiger partial charge on any atom is 0.410 e. The molecule has 1 unspecified atom stereocenters. The number of benzene rings is 1. The molecule has 1 amide bonds. The van der Waals surface area contributed by atoms with Gasteiger partial charge in [-0.2, -0.15) is 0 Å². The lowest BCUT2D eigenvalue weighted by molar-refractivity contribution is 0.0292. The van der Waals surface area contributed by atoms with E-state index in [1.807, 2.05) is 39.0 Å². The molecule has 1 aromatic carbocycles. The summed E-state index contributed by atoms with van der Waals surface area (Å²) in [6.07, 6.45) is 2.41. The molecule has 0 radical (unpaired) electrons. The zero-order valence-corrected chi connectivity index (χ0v) is 17.4. The van der Waals surface area contributed by atoms with Gasteiger partial charge in [0.15, 0.2) is 5.82 Å². The van der Waals surface area contributed by atoms with Crippen LogP contribution in [-0.2, 0) is 4.74 Å². The number of halogens is 1. The smallest absolute Gasteiger partial charge is 0.410 e. The number of pyridine rings is 1. The molecule has 0 aliphatic carbocycles. The van der Waals surface area contributed by atoms with Crippen molar-refractivity contribution in [2.45, 2.75) is 38.7 Å². The Morgan fingerprint density at radius 2 is 2.04 bits per heavy atom. The summed E-state index contributed by atoms with van der Waals surface area (Å²) in [6.45, 7) is 7.06. The summed E-state index contributed by atoms with van der Waals surface area (Å²) in [5.41, 5.74) is 8.23. The predicted molar refractivity (Wildman–Crippen MR) is 111 cm³/mol. The van der Waals surface area contributed by atoms with Crippen LogP contribution in [0.2, 0.25) is 0 Å². The minimum atomic E-state index is -0.467. The number of hydrogen-bond donors (Lipinski definition) is 2. The fraction of sp³-hybridized carbons (Fsp3) is 0.400. The molecule has 2 aromatic rings. The van der Waals surface area contributed by atoms with E-state index in [0.29, 0.717) is 24.0 Å². The quantitative estimate of drug-likeness (QED) is 0.720. The fourth-order valence-electron chi connectivity index (χ4n) is 3.06. The number of anilines is 3. The van der Waals surface area contributed by atoms with Gasteiger partial charge >= 0.3 is 6.09 Å². The zero-order valence-electron chi connectivity index (χ0n) is 15.8. The minimum absolute atomic E-state index is 0.236. The first-order chi connectivity index (χ1) is 12.7. The van der Waals surface area contributed by atoms with Gasteiger partial charge in [-0.1, -0.05) is 12.1 Å². The molecular formula is C20H25BrN4O2. The highest BCUT2D eigenvalue weighted by molar-refractivity contribution is 9.10. The lowest BCUT2D eigenvalue weighted by atomic mass is 9.98. The van der Waals surface area contributed by atoms with Crippen molar-refractivity contribution in [3.63, 3.8) is 0 Å². The van der Waals surface area contributed by atoms with E-state index in [1.165, 1.54) is 5.56 Å². The third-order valence-electron chi connectivity index (χ3n) is 4.37. The van der Waals surface area contributed by atoms with Crippen LogP contribution in [0.15, 0.2) is 41.0 Å². The number of nitrogens with one attached hydrogen (secondary N) is 1. The highest BCUT2D eigenvalue weighted by atomic mass is 79.9. The first-order valence-electron chi connectivity index (χ1n) is 8.97. The Morgan fingerprint density at radius 3 is 2.67 bits per heavy atom. The summed E-state index contributed by atoms with van der Waals surface area (Å²) in [5, 5.41) is 3.23. The lowest BCUT2D eigenvalue weighted by Crippen LogP contribution is -2.35. The molecule has 2 heterocycles. The number of nitrogens with two attached hydrogens (primary N) is 1. The van der Waals surface area contributed by atoms with Crippen LogP contribution in [0, 0.1) is 0 Å². The number of rotatable bonds is 3. The normalized spacial score (nSPS) is 17.0. The van der Waals surface area contributed by atoms with E-state index < -0.39 is 5.60 Å². The second-order valence-electron chi connectivity index (χ2n) is 7.75. The van der Waals surface area contributed by atoms with Crippen molar-refractivity contribution in [3.05, 3.63) is 46.6 Å². The van der Waals surface area contributed by atoms with Gasteiger partial charge < -0.3 is 20.7 Å². The van der Waals surface area contributed by atoms with Crippen LogP contribution < -0.4 is 11.1 Å². The van der Waals surface area contributed by atoms with E-state index >= 15 is 0 Å². The predicted octanol–water partition coefficient (Wildman–Crippen LogP) is 4.89. The number of nitrogens with zero attached hydrogens (tertiary/aromatic N) is 2. The Bertz CT molecular complexity index is 818. The zero-order chi connectivity index (χ0) is 19.6. The first-order valence-corrected chi connectivity index (χ1v) is 9.76. The molecule has 3 rings (SSSR count). The summed E-state index contributed by atoms with van der Waals surface area (Å²) in [5.74, 6) is 0.949. The summed E-state index contributed by atoms with van der Waals surface area (Å²) in [7, 11) is 0. The molecule has 1 atom stereocenters. The van der Waals surface area contributed by atoms with E-state index in [-0.39, 0.29) is 6.09 Å². The van der Waals surface area contributed by atoms with E-state index in [2.05, 4.69) is 38.4 Å². The molecule has 0 bridgehead atoms. The third kappa shape index (κ3) is 5.13. The Morgan fingerprint density at radius 1 is 1.33 bits per heavy atom. The van der Waals surface area contributed by atoms with Crippen molar-refractivity contribution in [3.8, 4) is 0 Å². The van der Waals surface area contributed by atoms with Gasteiger partial charge in [0.05, 0.1) is 5.69 Å². The third-order valence-corrected chi connectivity index (χ3v) is 4.80. The molecule has 7 heteroatoms. The van der Waals surface area contributed by atoms with Crippen LogP contribution >= 0.6 is 15.9 Å². The maximum atomic E-state index is 12.2. The number of ether oxygens (including phenoxy) is 1. The number of carbonyl (C=O) groups excluding carboxylic acids is 1. The molecule has 144 valence electrons. The first kappa shape index (κ1) is 19.5. The van der Waals surface area contributed by atoms with E-state index in [9.17, 15) is 4.79 Å². The minimum Gasteiger partial charge on any atom is -0.444 e. The molecule has 6 nitrogen and oxygen atoms in total. The summed E-state index contributed by atoms with van der Waals surface area (Å²) >= 11 is 3.35. The van der Waals surface area contributed by atoms with Crippen LogP contribution in [0.3, 0.4) is 0 Å². The van der Waals surface area contributed by atoms with Crippen molar-refractivity contribution in [1.82, 2.24) is 9.88 Å². The number of likely N-dealkylation sites (tertiary alicyclic amines) is 1. The molecule has 0 saturated carbocycles. The number of amides is 1. The molecule has 27 heavy (non-hydrogen) atoms. The molecular weight excluding hydrogens is 408 g/mol. The van der Waals surface area contributed by atoms with Crippen LogP contribution in [0.4, 0.5) is 22.0 Å². The standard InChI is InChI=1S/C20H25BrN4O2/c1-20(2,3)27-19(26)25-9-8-14(12-25)13-4-6-16(7-5-13)24-18-17(22)10-15(21)11-23-18/h4-7,10-11,14H,8-9,12,22H2,1-3H3,(H,23,24). The van der Waals surface area contributed by atoms with E-state index in [0.717, 1.165) is 23.1 Å². The average Bonchev–Trinajstić information content (AvgIpc) is 3.07. The van der Waals surface area contributed by atoms with Gasteiger partial charge in [0.25, 0.3) is 0 Å².